The Morgan fingerprint density at radius 1 is 1.10 bits per heavy atom. The Kier molecular flexibility index (Phi) is 5.12. The molecule has 1 atom stereocenters. The van der Waals surface area contributed by atoms with E-state index in [1.807, 2.05) is 6.92 Å². The summed E-state index contributed by atoms with van der Waals surface area (Å²) in [5, 5.41) is 22.7. The van der Waals surface area contributed by atoms with E-state index in [0.717, 1.165) is 5.56 Å². The van der Waals surface area contributed by atoms with Crippen LogP contribution in [0.2, 0.25) is 0 Å². The molecule has 3 aromatic rings. The Morgan fingerprint density at radius 3 is 2.45 bits per heavy atom. The first-order valence-corrected chi connectivity index (χ1v) is 9.49. The lowest BCUT2D eigenvalue weighted by Gasteiger charge is -2.24. The minimum atomic E-state index is -1.15. The molecule has 1 aliphatic heterocycles. The number of carbonyl (C=O) groups is 2. The van der Waals surface area contributed by atoms with Crippen LogP contribution in [-0.4, -0.2) is 26.6 Å². The third kappa shape index (κ3) is 3.59. The number of hydrogen-bond donors (Lipinski definition) is 1. The highest BCUT2D eigenvalue weighted by Crippen LogP contribution is 2.43. The van der Waals surface area contributed by atoms with Gasteiger partial charge in [-0.05, 0) is 25.1 Å². The highest BCUT2D eigenvalue weighted by molar-refractivity contribution is 6.46. The first-order valence-electron chi connectivity index (χ1n) is 9.49. The number of para-hydroxylation sites is 1. The summed E-state index contributed by atoms with van der Waals surface area (Å²) in [6.07, 6.45) is 1.43. The van der Waals surface area contributed by atoms with E-state index in [0.29, 0.717) is 11.3 Å². The van der Waals surface area contributed by atoms with Crippen LogP contribution in [0.5, 0.6) is 0 Å². The van der Waals surface area contributed by atoms with E-state index in [1.54, 1.807) is 42.5 Å². The molecule has 0 saturated carbocycles. The number of amides is 1. The van der Waals surface area contributed by atoms with Crippen molar-refractivity contribution in [2.24, 2.45) is 0 Å². The minimum Gasteiger partial charge on any atom is -0.507 e. The number of furan rings is 1. The van der Waals surface area contributed by atoms with E-state index < -0.39 is 22.7 Å². The quantitative estimate of drug-likeness (QED) is 0.219. The average Bonchev–Trinajstić information content (AvgIpc) is 3.36. The number of aliphatic hydroxyl groups is 1. The summed E-state index contributed by atoms with van der Waals surface area (Å²) in [6.45, 7) is 1.79. The van der Waals surface area contributed by atoms with Crippen LogP contribution in [0.3, 0.4) is 0 Å². The second-order valence-electron chi connectivity index (χ2n) is 7.19. The van der Waals surface area contributed by atoms with Crippen LogP contribution in [0.4, 0.5) is 5.69 Å². The van der Waals surface area contributed by atoms with E-state index >= 15 is 0 Å². The van der Waals surface area contributed by atoms with Gasteiger partial charge in [0.2, 0.25) is 0 Å². The van der Waals surface area contributed by atoms with Crippen molar-refractivity contribution in [3.63, 3.8) is 0 Å². The first-order chi connectivity index (χ1) is 14.9. The molecule has 1 fully saturated rings. The van der Waals surface area contributed by atoms with Crippen LogP contribution in [0.25, 0.3) is 5.76 Å². The number of Topliss-reactive ketones (excluding diaryl/α,β-unsaturated/α-hetero) is 1. The Morgan fingerprint density at radius 2 is 1.81 bits per heavy atom. The fourth-order valence-corrected chi connectivity index (χ4v) is 3.69. The van der Waals surface area contributed by atoms with Crippen LogP contribution in [0, 0.1) is 17.0 Å². The number of aliphatic hydroxyl groups excluding tert-OH is 1. The van der Waals surface area contributed by atoms with Gasteiger partial charge in [-0.25, -0.2) is 0 Å². The molecular weight excluding hydrogens is 400 g/mol. The van der Waals surface area contributed by atoms with E-state index in [1.165, 1.54) is 29.4 Å². The molecule has 0 aliphatic carbocycles. The predicted molar refractivity (Wildman–Crippen MR) is 111 cm³/mol. The number of carbonyl (C=O) groups excluding carboxylic acids is 2. The van der Waals surface area contributed by atoms with Crippen molar-refractivity contribution >= 4 is 23.1 Å². The van der Waals surface area contributed by atoms with Crippen LogP contribution >= 0.6 is 0 Å². The average molecular weight is 418 g/mol. The lowest BCUT2D eigenvalue weighted by Crippen LogP contribution is -2.29. The predicted octanol–water partition coefficient (Wildman–Crippen LogP) is 4.12. The fraction of sp³-hybridized carbons (Fsp3) is 0.130. The molecule has 156 valence electrons. The van der Waals surface area contributed by atoms with E-state index in [9.17, 15) is 24.8 Å². The summed E-state index contributed by atoms with van der Waals surface area (Å²) < 4.78 is 5.32. The van der Waals surface area contributed by atoms with Crippen molar-refractivity contribution in [1.82, 2.24) is 4.90 Å². The van der Waals surface area contributed by atoms with Crippen molar-refractivity contribution in [3.8, 4) is 0 Å². The van der Waals surface area contributed by atoms with E-state index in [4.69, 9.17) is 4.42 Å². The van der Waals surface area contributed by atoms with Crippen molar-refractivity contribution in [2.75, 3.05) is 0 Å². The molecular formula is C23H18N2O6. The Bertz CT molecular complexity index is 1200. The number of likely N-dealkylation sites (tertiary alicyclic amines) is 1. The van der Waals surface area contributed by atoms with Crippen LogP contribution in [0.15, 0.2) is 76.9 Å². The van der Waals surface area contributed by atoms with Gasteiger partial charge in [-0.15, -0.1) is 0 Å². The number of nitro benzene ring substituents is 1. The Hall–Kier alpha value is -4.20. The van der Waals surface area contributed by atoms with E-state index in [2.05, 4.69) is 0 Å². The van der Waals surface area contributed by atoms with Crippen LogP contribution in [0.1, 0.15) is 28.5 Å². The van der Waals surface area contributed by atoms with Gasteiger partial charge in [0.25, 0.3) is 17.4 Å². The lowest BCUT2D eigenvalue weighted by atomic mass is 9.94. The maximum Gasteiger partial charge on any atom is 0.296 e. The Balaban J connectivity index is 1.93. The number of rotatable bonds is 5. The van der Waals surface area contributed by atoms with Gasteiger partial charge >= 0.3 is 0 Å². The van der Waals surface area contributed by atoms with Gasteiger partial charge in [0.15, 0.2) is 0 Å². The number of aryl methyl sites for hydroxylation is 1. The molecule has 8 heteroatoms. The molecule has 2 aromatic carbocycles. The topological polar surface area (TPSA) is 114 Å². The van der Waals surface area contributed by atoms with Gasteiger partial charge in [0.1, 0.15) is 11.5 Å². The summed E-state index contributed by atoms with van der Waals surface area (Å²) in [5.41, 5.74) is 0.963. The zero-order chi connectivity index (χ0) is 22.1. The lowest BCUT2D eigenvalue weighted by molar-refractivity contribution is -0.385. The molecule has 1 amide bonds. The standard InChI is InChI=1S/C23H18N2O6/c1-14-8-10-15(11-9-14)21(26)19-20(17-6-2-3-7-18(17)25(29)30)24(23(28)22(19)27)13-16-5-4-12-31-16/h2-12,20,26H,13H2,1H3/t20-/m1/s1. The van der Waals surface area contributed by atoms with Gasteiger partial charge in [-0.3, -0.25) is 19.7 Å². The number of hydrogen-bond acceptors (Lipinski definition) is 6. The molecule has 0 radical (unpaired) electrons. The SMILES string of the molecule is Cc1ccc(C(O)=C2C(=O)C(=O)N(Cc3ccco3)[C@@H]2c2ccccc2[N+](=O)[O-])cc1. The van der Waals surface area contributed by atoms with Crippen molar-refractivity contribution in [3.05, 3.63) is 105 Å². The number of benzene rings is 2. The smallest absolute Gasteiger partial charge is 0.296 e. The zero-order valence-electron chi connectivity index (χ0n) is 16.5. The van der Waals surface area contributed by atoms with Crippen LogP contribution < -0.4 is 0 Å². The molecule has 1 N–H and O–H groups in total. The van der Waals surface area contributed by atoms with Gasteiger partial charge in [-0.2, -0.15) is 0 Å². The van der Waals surface area contributed by atoms with Crippen molar-refractivity contribution in [1.29, 1.82) is 0 Å². The third-order valence-corrected chi connectivity index (χ3v) is 5.20. The highest BCUT2D eigenvalue weighted by atomic mass is 16.6. The van der Waals surface area contributed by atoms with Gasteiger partial charge in [0.05, 0.1) is 34.9 Å². The molecule has 8 nitrogen and oxygen atoms in total. The van der Waals surface area contributed by atoms with Crippen molar-refractivity contribution in [2.45, 2.75) is 19.5 Å². The first kappa shape index (κ1) is 20.1. The normalized spacial score (nSPS) is 17.8. The number of nitrogens with zero attached hydrogens (tertiary/aromatic N) is 2. The van der Waals surface area contributed by atoms with Gasteiger partial charge in [0, 0.05) is 11.6 Å². The molecule has 1 saturated heterocycles. The van der Waals surface area contributed by atoms with Crippen molar-refractivity contribution < 1.29 is 24.0 Å². The van der Waals surface area contributed by atoms with Gasteiger partial charge < -0.3 is 14.4 Å². The molecule has 4 rings (SSSR count). The van der Waals surface area contributed by atoms with Gasteiger partial charge in [-0.1, -0.05) is 42.0 Å². The maximum atomic E-state index is 13.0. The summed E-state index contributed by atoms with van der Waals surface area (Å²) in [7, 11) is 0. The fourth-order valence-electron chi connectivity index (χ4n) is 3.69. The Labute approximate surface area is 177 Å². The molecule has 1 aromatic heterocycles. The molecule has 31 heavy (non-hydrogen) atoms. The molecule has 0 spiro atoms. The highest BCUT2D eigenvalue weighted by Gasteiger charge is 2.48. The number of nitro groups is 1. The van der Waals surface area contributed by atoms with Crippen LogP contribution in [-0.2, 0) is 16.1 Å². The number of ketones is 1. The summed E-state index contributed by atoms with van der Waals surface area (Å²) in [6, 6.07) is 14.8. The monoisotopic (exact) mass is 418 g/mol. The summed E-state index contributed by atoms with van der Waals surface area (Å²) in [4.78, 5) is 38.2. The largest absolute Gasteiger partial charge is 0.507 e. The summed E-state index contributed by atoms with van der Waals surface area (Å²) >= 11 is 0. The molecule has 1 aliphatic rings. The third-order valence-electron chi connectivity index (χ3n) is 5.20. The second-order valence-corrected chi connectivity index (χ2v) is 7.19. The molecule has 2 heterocycles. The molecule has 0 bridgehead atoms. The minimum absolute atomic E-state index is 0.0844. The summed E-state index contributed by atoms with van der Waals surface area (Å²) in [5.74, 6) is -1.76. The van der Waals surface area contributed by atoms with E-state index in [-0.39, 0.29) is 29.1 Å². The second kappa shape index (κ2) is 7.91. The molecule has 0 unspecified atom stereocenters. The maximum absolute atomic E-state index is 13.0. The zero-order valence-corrected chi connectivity index (χ0v) is 16.5.